The summed E-state index contributed by atoms with van der Waals surface area (Å²) in [6.07, 6.45) is 1.06. The van der Waals surface area contributed by atoms with Gasteiger partial charge in [-0.2, -0.15) is 0 Å². The summed E-state index contributed by atoms with van der Waals surface area (Å²) in [6.45, 7) is 10.7. The van der Waals surface area contributed by atoms with Gasteiger partial charge in [0, 0.05) is 36.1 Å². The van der Waals surface area contributed by atoms with E-state index < -0.39 is 41.4 Å². The molecule has 2 aromatic carbocycles. The standard InChI is InChI=1S/C31H38ClNO6/c1-18(23-17-21(32)14-15-24(23)37-5)25-26(31(3,4)38-6)28(30(35)36)33(27(25)20-11-8-7-9-12-20)29(34)22-13-10-16-39-19(22)2/h7-9,11-12,14-15,17,19,22,25-28H,1,10,13,16H2,2-6H3,(H,35,36)/t19?,22?,25?,26?,27-,28?/m1/s1. The molecule has 0 saturated carbocycles. The van der Waals surface area contributed by atoms with E-state index >= 15 is 0 Å². The maximum Gasteiger partial charge on any atom is 0.326 e. The second kappa shape index (κ2) is 11.7. The first-order valence-corrected chi connectivity index (χ1v) is 13.7. The van der Waals surface area contributed by atoms with Crippen molar-refractivity contribution in [3.05, 3.63) is 71.3 Å². The van der Waals surface area contributed by atoms with Gasteiger partial charge in [0.2, 0.25) is 5.91 Å². The maximum absolute atomic E-state index is 14.4. The molecular formula is C31H38ClNO6. The average Bonchev–Trinajstić information content (AvgIpc) is 3.30. The Hall–Kier alpha value is -2.87. The van der Waals surface area contributed by atoms with Gasteiger partial charge in [-0.25, -0.2) is 4.79 Å². The summed E-state index contributed by atoms with van der Waals surface area (Å²) in [4.78, 5) is 29.1. The highest BCUT2D eigenvalue weighted by atomic mass is 35.5. The van der Waals surface area contributed by atoms with Crippen LogP contribution in [-0.4, -0.2) is 60.5 Å². The highest BCUT2D eigenvalue weighted by Gasteiger charge is 2.61. The van der Waals surface area contributed by atoms with Crippen molar-refractivity contribution in [3.63, 3.8) is 0 Å². The number of halogens is 1. The number of carbonyl (C=O) groups excluding carboxylic acids is 1. The van der Waals surface area contributed by atoms with Crippen LogP contribution in [0.1, 0.15) is 50.8 Å². The van der Waals surface area contributed by atoms with Crippen molar-refractivity contribution in [1.29, 1.82) is 0 Å². The predicted molar refractivity (Wildman–Crippen MR) is 151 cm³/mol. The SMILES string of the molecule is C=C(c1cc(Cl)ccc1OC)C1C(C(C)(C)OC)C(C(=O)O)N(C(=O)C2CCCOC2C)[C@@H]1c1ccccc1. The van der Waals surface area contributed by atoms with Gasteiger partial charge >= 0.3 is 5.97 Å². The molecule has 6 atom stereocenters. The number of rotatable bonds is 8. The van der Waals surface area contributed by atoms with Crippen LogP contribution >= 0.6 is 11.6 Å². The van der Waals surface area contributed by atoms with Crippen LogP contribution in [0.5, 0.6) is 5.75 Å². The summed E-state index contributed by atoms with van der Waals surface area (Å²) in [5.74, 6) is -2.38. The molecule has 2 aliphatic heterocycles. The highest BCUT2D eigenvalue weighted by Crippen LogP contribution is 2.56. The smallest absolute Gasteiger partial charge is 0.326 e. The Morgan fingerprint density at radius 1 is 1.15 bits per heavy atom. The molecule has 1 N–H and O–H groups in total. The molecule has 5 unspecified atom stereocenters. The molecular weight excluding hydrogens is 518 g/mol. The zero-order valence-electron chi connectivity index (χ0n) is 23.2. The molecule has 2 fully saturated rings. The molecule has 0 aromatic heterocycles. The minimum atomic E-state index is -1.17. The fraction of sp³-hybridized carbons (Fsp3) is 0.484. The Balaban J connectivity index is 1.98. The summed E-state index contributed by atoms with van der Waals surface area (Å²) in [7, 11) is 3.14. The van der Waals surface area contributed by atoms with E-state index in [1.807, 2.05) is 51.1 Å². The van der Waals surface area contributed by atoms with E-state index in [0.717, 1.165) is 12.0 Å². The van der Waals surface area contributed by atoms with Crippen molar-refractivity contribution in [1.82, 2.24) is 4.90 Å². The van der Waals surface area contributed by atoms with Crippen molar-refractivity contribution < 1.29 is 28.9 Å². The second-order valence-corrected chi connectivity index (χ2v) is 11.4. The lowest BCUT2D eigenvalue weighted by Gasteiger charge is -2.38. The molecule has 0 aliphatic carbocycles. The molecule has 4 rings (SSSR count). The van der Waals surface area contributed by atoms with Gasteiger partial charge in [0.1, 0.15) is 11.8 Å². The quantitative estimate of drug-likeness (QED) is 0.438. The molecule has 2 saturated heterocycles. The zero-order valence-corrected chi connectivity index (χ0v) is 24.0. The van der Waals surface area contributed by atoms with Crippen molar-refractivity contribution in [3.8, 4) is 5.75 Å². The zero-order chi connectivity index (χ0) is 28.5. The monoisotopic (exact) mass is 555 g/mol. The number of benzene rings is 2. The predicted octanol–water partition coefficient (Wildman–Crippen LogP) is 5.87. The number of nitrogens with zero attached hydrogens (tertiary/aromatic N) is 1. The average molecular weight is 556 g/mol. The van der Waals surface area contributed by atoms with E-state index in [4.69, 9.17) is 25.8 Å². The molecule has 0 bridgehead atoms. The number of likely N-dealkylation sites (tertiary alicyclic amines) is 1. The Kier molecular flexibility index (Phi) is 8.74. The largest absolute Gasteiger partial charge is 0.496 e. The van der Waals surface area contributed by atoms with Crippen LogP contribution in [0.15, 0.2) is 55.1 Å². The van der Waals surface area contributed by atoms with Gasteiger partial charge in [0.25, 0.3) is 0 Å². The number of amides is 1. The van der Waals surface area contributed by atoms with Crippen LogP contribution in [0.2, 0.25) is 5.02 Å². The van der Waals surface area contributed by atoms with E-state index in [-0.39, 0.29) is 12.0 Å². The third-order valence-electron chi connectivity index (χ3n) is 8.48. The molecule has 0 spiro atoms. The number of carboxylic acid groups (broad SMARTS) is 1. The molecule has 8 heteroatoms. The minimum Gasteiger partial charge on any atom is -0.496 e. The molecule has 0 radical (unpaired) electrons. The van der Waals surface area contributed by atoms with E-state index in [1.54, 1.807) is 37.3 Å². The fourth-order valence-electron chi connectivity index (χ4n) is 6.38. The molecule has 210 valence electrons. The lowest BCUT2D eigenvalue weighted by Crippen LogP contribution is -2.53. The van der Waals surface area contributed by atoms with Crippen LogP contribution in [0.4, 0.5) is 0 Å². The van der Waals surface area contributed by atoms with Crippen LogP contribution in [0.3, 0.4) is 0 Å². The molecule has 2 heterocycles. The molecule has 7 nitrogen and oxygen atoms in total. The number of carbonyl (C=O) groups is 2. The second-order valence-electron chi connectivity index (χ2n) is 10.9. The first kappa shape index (κ1) is 29.1. The first-order chi connectivity index (χ1) is 18.5. The highest BCUT2D eigenvalue weighted by molar-refractivity contribution is 6.30. The van der Waals surface area contributed by atoms with Crippen LogP contribution in [-0.2, 0) is 19.1 Å². The fourth-order valence-corrected chi connectivity index (χ4v) is 6.55. The van der Waals surface area contributed by atoms with Crippen LogP contribution < -0.4 is 4.74 Å². The summed E-state index contributed by atoms with van der Waals surface area (Å²) >= 11 is 6.41. The maximum atomic E-state index is 14.4. The Bertz CT molecular complexity index is 1210. The van der Waals surface area contributed by atoms with E-state index in [2.05, 4.69) is 6.58 Å². The summed E-state index contributed by atoms with van der Waals surface area (Å²) in [5.41, 5.74) is 1.19. The number of hydrogen-bond donors (Lipinski definition) is 1. The Morgan fingerprint density at radius 3 is 2.44 bits per heavy atom. The number of methoxy groups -OCH3 is 2. The van der Waals surface area contributed by atoms with E-state index in [1.165, 1.54) is 0 Å². The minimum absolute atomic E-state index is 0.228. The molecule has 2 aromatic rings. The van der Waals surface area contributed by atoms with Gasteiger partial charge in [0.15, 0.2) is 0 Å². The molecule has 2 aliphatic rings. The molecule has 39 heavy (non-hydrogen) atoms. The van der Waals surface area contributed by atoms with Gasteiger partial charge in [-0.3, -0.25) is 4.79 Å². The number of aliphatic carboxylic acids is 1. The number of hydrogen-bond acceptors (Lipinski definition) is 5. The van der Waals surface area contributed by atoms with Gasteiger partial charge < -0.3 is 24.2 Å². The number of ether oxygens (including phenoxy) is 3. The van der Waals surface area contributed by atoms with Crippen molar-refractivity contribution in [2.75, 3.05) is 20.8 Å². The van der Waals surface area contributed by atoms with Crippen LogP contribution in [0, 0.1) is 17.8 Å². The summed E-state index contributed by atoms with van der Waals surface area (Å²) < 4.78 is 17.5. The van der Waals surface area contributed by atoms with Crippen molar-refractivity contribution >= 4 is 29.1 Å². The Morgan fingerprint density at radius 2 is 1.85 bits per heavy atom. The summed E-state index contributed by atoms with van der Waals surface area (Å²) in [6, 6.07) is 13.1. The van der Waals surface area contributed by atoms with Gasteiger partial charge in [-0.1, -0.05) is 48.5 Å². The van der Waals surface area contributed by atoms with Crippen molar-refractivity contribution in [2.24, 2.45) is 17.8 Å². The third kappa shape index (κ3) is 5.45. The summed E-state index contributed by atoms with van der Waals surface area (Å²) in [5, 5.41) is 11.2. The first-order valence-electron chi connectivity index (χ1n) is 13.3. The van der Waals surface area contributed by atoms with Gasteiger partial charge in [-0.15, -0.1) is 0 Å². The van der Waals surface area contributed by atoms with E-state index in [9.17, 15) is 14.7 Å². The Labute approximate surface area is 235 Å². The normalized spacial score (nSPS) is 27.3. The van der Waals surface area contributed by atoms with Crippen LogP contribution in [0.25, 0.3) is 5.57 Å². The third-order valence-corrected chi connectivity index (χ3v) is 8.71. The van der Waals surface area contributed by atoms with E-state index in [0.29, 0.717) is 34.9 Å². The number of carboxylic acids is 1. The lowest BCUT2D eigenvalue weighted by molar-refractivity contribution is -0.160. The topological polar surface area (TPSA) is 85.3 Å². The lowest BCUT2D eigenvalue weighted by atomic mass is 9.70. The van der Waals surface area contributed by atoms with Gasteiger partial charge in [0.05, 0.1) is 30.8 Å². The molecule has 1 amide bonds. The van der Waals surface area contributed by atoms with Crippen molar-refractivity contribution in [2.45, 2.75) is 57.4 Å². The van der Waals surface area contributed by atoms with Gasteiger partial charge in [-0.05, 0) is 62.9 Å².